The molecule has 8 nitrogen and oxygen atoms in total. The third kappa shape index (κ3) is 3.51. The molecule has 5 rings (SSSR count). The molecule has 0 aliphatic carbocycles. The Bertz CT molecular complexity index is 1300. The van der Waals surface area contributed by atoms with Crippen molar-refractivity contribution in [3.63, 3.8) is 0 Å². The van der Waals surface area contributed by atoms with Crippen molar-refractivity contribution >= 4 is 28.8 Å². The van der Waals surface area contributed by atoms with Crippen LogP contribution in [0.25, 0.3) is 5.57 Å². The molecule has 2 amide bonds. The zero-order valence-electron chi connectivity index (χ0n) is 18.0. The first-order valence-electron chi connectivity index (χ1n) is 10.2. The topological polar surface area (TPSA) is 86.3 Å². The minimum Gasteiger partial charge on any atom is -0.497 e. The number of nitrogens with zero attached hydrogens (tertiary/aromatic N) is 1. The molecule has 2 aliphatic rings. The predicted octanol–water partition coefficient (Wildman–Crippen LogP) is 3.83. The number of carbonyl (C=O) groups is 2. The lowest BCUT2D eigenvalue weighted by molar-refractivity contribution is -0.120. The molecule has 0 fully saturated rings. The number of ether oxygens (including phenoxy) is 4. The van der Waals surface area contributed by atoms with Crippen LogP contribution in [-0.4, -0.2) is 32.8 Å². The number of benzene rings is 3. The molecule has 0 bridgehead atoms. The molecular weight excluding hydrogens is 424 g/mol. The van der Waals surface area contributed by atoms with E-state index in [-0.39, 0.29) is 18.1 Å². The summed E-state index contributed by atoms with van der Waals surface area (Å²) in [7, 11) is 3.04. The van der Waals surface area contributed by atoms with E-state index in [0.717, 1.165) is 4.90 Å². The molecule has 0 radical (unpaired) electrons. The standard InChI is InChI=1S/C25H20N2O6/c1-30-17-7-5-6-16(13-17)27-24(28)22(18-8-3-4-9-19(18)31-2)23(25(27)29)26-15-10-11-20-21(12-15)33-14-32-20/h3-13,26H,14H2,1-2H3. The van der Waals surface area contributed by atoms with Crippen molar-refractivity contribution in [2.24, 2.45) is 0 Å². The maximum Gasteiger partial charge on any atom is 0.282 e. The molecule has 166 valence electrons. The maximum atomic E-state index is 13.6. The Morgan fingerprint density at radius 2 is 1.67 bits per heavy atom. The molecule has 3 aromatic rings. The van der Waals surface area contributed by atoms with Gasteiger partial charge in [-0.25, -0.2) is 4.90 Å². The number of para-hydroxylation sites is 1. The molecule has 0 saturated carbocycles. The Balaban J connectivity index is 1.62. The summed E-state index contributed by atoms with van der Waals surface area (Å²) in [4.78, 5) is 28.3. The molecule has 0 aromatic heterocycles. The molecule has 2 heterocycles. The zero-order chi connectivity index (χ0) is 22.9. The van der Waals surface area contributed by atoms with Crippen molar-refractivity contribution in [3.8, 4) is 23.0 Å². The second-order valence-corrected chi connectivity index (χ2v) is 7.29. The van der Waals surface area contributed by atoms with Crippen molar-refractivity contribution in [3.05, 3.63) is 78.0 Å². The third-order valence-corrected chi connectivity index (χ3v) is 5.41. The highest BCUT2D eigenvalue weighted by Crippen LogP contribution is 2.39. The Labute approximate surface area is 189 Å². The second-order valence-electron chi connectivity index (χ2n) is 7.29. The number of rotatable bonds is 6. The van der Waals surface area contributed by atoms with Crippen LogP contribution in [0.4, 0.5) is 11.4 Å². The fourth-order valence-electron chi connectivity index (χ4n) is 3.85. The van der Waals surface area contributed by atoms with Gasteiger partial charge in [-0.3, -0.25) is 9.59 Å². The molecule has 2 aliphatic heterocycles. The number of fused-ring (bicyclic) bond motifs is 1. The van der Waals surface area contributed by atoms with Crippen molar-refractivity contribution in [2.75, 3.05) is 31.2 Å². The van der Waals surface area contributed by atoms with Gasteiger partial charge in [0.15, 0.2) is 11.5 Å². The first kappa shape index (κ1) is 20.4. The number of hydrogen-bond donors (Lipinski definition) is 1. The molecule has 0 saturated heterocycles. The van der Waals surface area contributed by atoms with Crippen molar-refractivity contribution in [1.29, 1.82) is 0 Å². The Kier molecular flexibility index (Phi) is 5.10. The molecule has 3 aromatic carbocycles. The van der Waals surface area contributed by atoms with Gasteiger partial charge in [0.05, 0.1) is 25.5 Å². The van der Waals surface area contributed by atoms with E-state index >= 15 is 0 Å². The number of imide groups is 1. The van der Waals surface area contributed by atoms with Crippen LogP contribution in [0.5, 0.6) is 23.0 Å². The number of hydrogen-bond acceptors (Lipinski definition) is 7. The first-order valence-corrected chi connectivity index (χ1v) is 10.2. The van der Waals surface area contributed by atoms with E-state index in [0.29, 0.717) is 39.9 Å². The average Bonchev–Trinajstić information content (AvgIpc) is 3.41. The summed E-state index contributed by atoms with van der Waals surface area (Å²) in [6.45, 7) is 0.134. The van der Waals surface area contributed by atoms with E-state index < -0.39 is 11.8 Å². The zero-order valence-corrected chi connectivity index (χ0v) is 18.0. The van der Waals surface area contributed by atoms with Gasteiger partial charge in [0.25, 0.3) is 11.8 Å². The Morgan fingerprint density at radius 1 is 0.848 bits per heavy atom. The quantitative estimate of drug-likeness (QED) is 0.579. The highest BCUT2D eigenvalue weighted by atomic mass is 16.7. The fourth-order valence-corrected chi connectivity index (χ4v) is 3.85. The number of carbonyl (C=O) groups excluding carboxylic acids is 2. The minimum absolute atomic E-state index is 0.131. The van der Waals surface area contributed by atoms with Crippen LogP contribution in [0.15, 0.2) is 72.4 Å². The van der Waals surface area contributed by atoms with Gasteiger partial charge in [-0.05, 0) is 30.3 Å². The van der Waals surface area contributed by atoms with Crippen LogP contribution < -0.4 is 29.2 Å². The van der Waals surface area contributed by atoms with Gasteiger partial charge >= 0.3 is 0 Å². The van der Waals surface area contributed by atoms with Crippen LogP contribution in [0.2, 0.25) is 0 Å². The van der Waals surface area contributed by atoms with E-state index in [1.54, 1.807) is 66.7 Å². The lowest BCUT2D eigenvalue weighted by atomic mass is 10.0. The molecule has 0 unspecified atom stereocenters. The van der Waals surface area contributed by atoms with Gasteiger partial charge in [0, 0.05) is 23.4 Å². The first-order chi connectivity index (χ1) is 16.1. The minimum atomic E-state index is -0.494. The Morgan fingerprint density at radius 3 is 2.48 bits per heavy atom. The normalized spacial score (nSPS) is 14.7. The van der Waals surface area contributed by atoms with E-state index in [1.807, 2.05) is 0 Å². The fraction of sp³-hybridized carbons (Fsp3) is 0.120. The van der Waals surface area contributed by atoms with Crippen LogP contribution in [0.3, 0.4) is 0 Å². The van der Waals surface area contributed by atoms with Gasteiger partial charge in [-0.1, -0.05) is 24.3 Å². The summed E-state index contributed by atoms with van der Waals surface area (Å²) in [5.74, 6) is 1.22. The summed E-state index contributed by atoms with van der Waals surface area (Å²) in [6, 6.07) is 19.1. The summed E-state index contributed by atoms with van der Waals surface area (Å²) in [6.07, 6.45) is 0. The molecule has 33 heavy (non-hydrogen) atoms. The number of nitrogens with one attached hydrogen (secondary N) is 1. The predicted molar refractivity (Wildman–Crippen MR) is 122 cm³/mol. The lowest BCUT2D eigenvalue weighted by Crippen LogP contribution is -2.32. The lowest BCUT2D eigenvalue weighted by Gasteiger charge is -2.16. The number of methoxy groups -OCH3 is 2. The second kappa shape index (κ2) is 8.23. The van der Waals surface area contributed by atoms with Crippen LogP contribution >= 0.6 is 0 Å². The van der Waals surface area contributed by atoms with Crippen molar-refractivity contribution in [1.82, 2.24) is 0 Å². The van der Waals surface area contributed by atoms with Gasteiger partial charge in [-0.2, -0.15) is 0 Å². The summed E-state index contributed by atoms with van der Waals surface area (Å²) in [5, 5.41) is 3.12. The van der Waals surface area contributed by atoms with Crippen molar-refractivity contribution in [2.45, 2.75) is 0 Å². The van der Waals surface area contributed by atoms with Gasteiger partial charge in [0.1, 0.15) is 17.2 Å². The highest BCUT2D eigenvalue weighted by molar-refractivity contribution is 6.46. The number of amides is 2. The van der Waals surface area contributed by atoms with Gasteiger partial charge in [-0.15, -0.1) is 0 Å². The average molecular weight is 444 g/mol. The van der Waals surface area contributed by atoms with Gasteiger partial charge < -0.3 is 24.3 Å². The molecule has 0 spiro atoms. The Hall–Kier alpha value is -4.46. The van der Waals surface area contributed by atoms with E-state index in [4.69, 9.17) is 18.9 Å². The van der Waals surface area contributed by atoms with E-state index in [2.05, 4.69) is 5.32 Å². The third-order valence-electron chi connectivity index (χ3n) is 5.41. The molecule has 1 N–H and O–H groups in total. The van der Waals surface area contributed by atoms with Crippen LogP contribution in [-0.2, 0) is 9.59 Å². The van der Waals surface area contributed by atoms with Gasteiger partial charge in [0.2, 0.25) is 6.79 Å². The maximum absolute atomic E-state index is 13.6. The van der Waals surface area contributed by atoms with Crippen molar-refractivity contribution < 1.29 is 28.5 Å². The smallest absolute Gasteiger partial charge is 0.282 e. The largest absolute Gasteiger partial charge is 0.497 e. The number of anilines is 2. The van der Waals surface area contributed by atoms with E-state index in [9.17, 15) is 9.59 Å². The highest BCUT2D eigenvalue weighted by Gasteiger charge is 2.41. The summed E-state index contributed by atoms with van der Waals surface area (Å²) < 4.78 is 21.6. The SMILES string of the molecule is COc1cccc(N2C(=O)C(Nc3ccc4c(c3)OCO4)=C(c3ccccc3OC)C2=O)c1. The van der Waals surface area contributed by atoms with Crippen LogP contribution in [0.1, 0.15) is 5.56 Å². The van der Waals surface area contributed by atoms with E-state index in [1.165, 1.54) is 14.2 Å². The summed E-state index contributed by atoms with van der Waals surface area (Å²) >= 11 is 0. The summed E-state index contributed by atoms with van der Waals surface area (Å²) in [5.41, 5.74) is 1.82. The monoisotopic (exact) mass is 444 g/mol. The molecule has 0 atom stereocenters. The van der Waals surface area contributed by atoms with Crippen LogP contribution in [0, 0.1) is 0 Å². The molecule has 8 heteroatoms. The molecular formula is C25H20N2O6.